The Kier molecular flexibility index (Phi) is 6.81. The van der Waals surface area contributed by atoms with E-state index in [0.29, 0.717) is 5.69 Å². The third-order valence-electron chi connectivity index (χ3n) is 3.92. The number of hydrogen-bond acceptors (Lipinski definition) is 4. The molecule has 0 fully saturated rings. The molecule has 0 aromatic heterocycles. The van der Waals surface area contributed by atoms with Crippen LogP contribution in [0, 0.1) is 0 Å². The lowest BCUT2D eigenvalue weighted by Crippen LogP contribution is -2.29. The van der Waals surface area contributed by atoms with Crippen LogP contribution < -0.4 is 10.2 Å². The standard InChI is InChI=1S/C22H19BrN2O3/c23-17-11-13-18(14-12-17)24-21(26)16-28-22(27)15-25(19-7-3-1-4-8-19)20-9-5-2-6-10-20/h1-14H,15-16H2,(H,24,26). The first-order valence-corrected chi connectivity index (χ1v) is 9.50. The monoisotopic (exact) mass is 438 g/mol. The van der Waals surface area contributed by atoms with Gasteiger partial charge in [0.25, 0.3) is 5.91 Å². The largest absolute Gasteiger partial charge is 0.454 e. The predicted molar refractivity (Wildman–Crippen MR) is 114 cm³/mol. The molecule has 0 bridgehead atoms. The number of esters is 1. The molecule has 3 aromatic carbocycles. The van der Waals surface area contributed by atoms with E-state index in [4.69, 9.17) is 4.74 Å². The Balaban J connectivity index is 1.59. The Morgan fingerprint density at radius 1 is 0.821 bits per heavy atom. The molecule has 0 aliphatic rings. The molecular weight excluding hydrogens is 420 g/mol. The number of hydrogen-bond donors (Lipinski definition) is 1. The summed E-state index contributed by atoms with van der Waals surface area (Å²) in [5, 5.41) is 2.69. The molecule has 6 heteroatoms. The second-order valence-corrected chi connectivity index (χ2v) is 6.89. The maximum absolute atomic E-state index is 12.4. The second-order valence-electron chi connectivity index (χ2n) is 5.97. The second kappa shape index (κ2) is 9.71. The molecule has 0 radical (unpaired) electrons. The summed E-state index contributed by atoms with van der Waals surface area (Å²) < 4.78 is 6.09. The van der Waals surface area contributed by atoms with E-state index >= 15 is 0 Å². The number of para-hydroxylation sites is 2. The van der Waals surface area contributed by atoms with Crippen LogP contribution in [-0.2, 0) is 14.3 Å². The van der Waals surface area contributed by atoms with Gasteiger partial charge >= 0.3 is 5.97 Å². The Morgan fingerprint density at radius 3 is 1.89 bits per heavy atom. The molecule has 0 unspecified atom stereocenters. The van der Waals surface area contributed by atoms with E-state index in [-0.39, 0.29) is 19.1 Å². The van der Waals surface area contributed by atoms with Crippen molar-refractivity contribution in [3.63, 3.8) is 0 Å². The van der Waals surface area contributed by atoms with Gasteiger partial charge in [-0.15, -0.1) is 0 Å². The Labute approximate surface area is 172 Å². The lowest BCUT2D eigenvalue weighted by Gasteiger charge is -2.24. The molecule has 142 valence electrons. The van der Waals surface area contributed by atoms with Crippen LogP contribution in [0.25, 0.3) is 0 Å². The first kappa shape index (κ1) is 19.6. The van der Waals surface area contributed by atoms with Crippen molar-refractivity contribution in [3.8, 4) is 0 Å². The summed E-state index contributed by atoms with van der Waals surface area (Å²) in [6.07, 6.45) is 0. The fourth-order valence-corrected chi connectivity index (χ4v) is 2.86. The quantitative estimate of drug-likeness (QED) is 0.539. The topological polar surface area (TPSA) is 58.6 Å². The molecule has 28 heavy (non-hydrogen) atoms. The number of ether oxygens (including phenoxy) is 1. The van der Waals surface area contributed by atoms with Gasteiger partial charge in [-0.2, -0.15) is 0 Å². The lowest BCUT2D eigenvalue weighted by atomic mass is 10.2. The van der Waals surface area contributed by atoms with Crippen molar-refractivity contribution >= 4 is 44.9 Å². The van der Waals surface area contributed by atoms with Gasteiger partial charge in [-0.25, -0.2) is 0 Å². The molecule has 0 saturated heterocycles. The van der Waals surface area contributed by atoms with Gasteiger partial charge < -0.3 is 15.0 Å². The number of nitrogens with zero attached hydrogens (tertiary/aromatic N) is 1. The molecule has 3 aromatic rings. The number of halogens is 1. The van der Waals surface area contributed by atoms with Crippen molar-refractivity contribution < 1.29 is 14.3 Å². The number of carbonyl (C=O) groups is 2. The highest BCUT2D eigenvalue weighted by atomic mass is 79.9. The zero-order valence-corrected chi connectivity index (χ0v) is 16.6. The summed E-state index contributed by atoms with van der Waals surface area (Å²) in [7, 11) is 0. The molecule has 0 atom stereocenters. The number of carbonyl (C=O) groups excluding carboxylic acids is 2. The maximum Gasteiger partial charge on any atom is 0.326 e. The van der Waals surface area contributed by atoms with Crippen molar-refractivity contribution in [2.24, 2.45) is 0 Å². The highest BCUT2D eigenvalue weighted by molar-refractivity contribution is 9.10. The molecule has 0 aliphatic carbocycles. The molecule has 0 aliphatic heterocycles. The molecule has 5 nitrogen and oxygen atoms in total. The first-order chi connectivity index (χ1) is 13.6. The minimum absolute atomic E-state index is 0.000406. The van der Waals surface area contributed by atoms with Gasteiger partial charge in [-0.1, -0.05) is 52.3 Å². The molecule has 3 rings (SSSR count). The van der Waals surface area contributed by atoms with Gasteiger partial charge in [0, 0.05) is 21.5 Å². The van der Waals surface area contributed by atoms with Crippen molar-refractivity contribution in [1.82, 2.24) is 0 Å². The fourth-order valence-electron chi connectivity index (χ4n) is 2.60. The number of rotatable bonds is 7. The normalized spacial score (nSPS) is 10.2. The van der Waals surface area contributed by atoms with E-state index in [1.54, 1.807) is 12.1 Å². The Hall–Kier alpha value is -3.12. The average Bonchev–Trinajstić information content (AvgIpc) is 2.73. The van der Waals surface area contributed by atoms with Gasteiger partial charge in [0.2, 0.25) is 0 Å². The number of anilines is 3. The summed E-state index contributed by atoms with van der Waals surface area (Å²) in [4.78, 5) is 26.2. The molecule has 1 amide bonds. The maximum atomic E-state index is 12.4. The van der Waals surface area contributed by atoms with Crippen molar-refractivity contribution in [2.45, 2.75) is 0 Å². The zero-order valence-electron chi connectivity index (χ0n) is 15.0. The number of amides is 1. The minimum Gasteiger partial charge on any atom is -0.454 e. The lowest BCUT2D eigenvalue weighted by molar-refractivity contribution is -0.145. The van der Waals surface area contributed by atoms with Crippen molar-refractivity contribution in [3.05, 3.63) is 89.4 Å². The Bertz CT molecular complexity index is 876. The van der Waals surface area contributed by atoms with Crippen LogP contribution in [0.2, 0.25) is 0 Å². The predicted octanol–water partition coefficient (Wildman–Crippen LogP) is 4.77. The van der Waals surface area contributed by atoms with E-state index in [1.807, 2.05) is 77.7 Å². The van der Waals surface area contributed by atoms with Crippen LogP contribution in [0.5, 0.6) is 0 Å². The summed E-state index contributed by atoms with van der Waals surface area (Å²) in [6.45, 7) is -0.341. The van der Waals surface area contributed by atoms with E-state index < -0.39 is 5.97 Å². The van der Waals surface area contributed by atoms with E-state index in [2.05, 4.69) is 21.2 Å². The fraction of sp³-hybridized carbons (Fsp3) is 0.0909. The molecule has 0 heterocycles. The summed E-state index contributed by atoms with van der Waals surface area (Å²) >= 11 is 3.34. The number of benzene rings is 3. The third-order valence-corrected chi connectivity index (χ3v) is 4.44. The minimum atomic E-state index is -0.487. The molecular formula is C22H19BrN2O3. The van der Waals surface area contributed by atoms with Crippen LogP contribution in [0.4, 0.5) is 17.1 Å². The molecule has 0 saturated carbocycles. The van der Waals surface area contributed by atoms with Gasteiger partial charge in [0.05, 0.1) is 0 Å². The third kappa shape index (κ3) is 5.69. The van der Waals surface area contributed by atoms with Gasteiger partial charge in [0.1, 0.15) is 6.54 Å². The molecule has 1 N–H and O–H groups in total. The van der Waals surface area contributed by atoms with E-state index in [9.17, 15) is 9.59 Å². The zero-order chi connectivity index (χ0) is 19.8. The van der Waals surface area contributed by atoms with E-state index in [0.717, 1.165) is 15.8 Å². The van der Waals surface area contributed by atoms with Crippen LogP contribution in [0.3, 0.4) is 0 Å². The van der Waals surface area contributed by atoms with Crippen LogP contribution in [0.1, 0.15) is 0 Å². The van der Waals surface area contributed by atoms with Crippen LogP contribution in [-0.4, -0.2) is 25.0 Å². The molecule has 0 spiro atoms. The summed E-state index contributed by atoms with van der Waals surface area (Å²) in [5.74, 6) is -0.875. The average molecular weight is 439 g/mol. The van der Waals surface area contributed by atoms with E-state index in [1.165, 1.54) is 0 Å². The van der Waals surface area contributed by atoms with Crippen LogP contribution in [0.15, 0.2) is 89.4 Å². The van der Waals surface area contributed by atoms with Crippen molar-refractivity contribution in [1.29, 1.82) is 0 Å². The van der Waals surface area contributed by atoms with Gasteiger partial charge in [0.15, 0.2) is 6.61 Å². The van der Waals surface area contributed by atoms with Gasteiger partial charge in [-0.05, 0) is 48.5 Å². The van der Waals surface area contributed by atoms with Gasteiger partial charge in [-0.3, -0.25) is 9.59 Å². The first-order valence-electron chi connectivity index (χ1n) is 8.70. The van der Waals surface area contributed by atoms with Crippen molar-refractivity contribution in [2.75, 3.05) is 23.4 Å². The Morgan fingerprint density at radius 2 is 1.36 bits per heavy atom. The smallest absolute Gasteiger partial charge is 0.326 e. The highest BCUT2D eigenvalue weighted by Gasteiger charge is 2.16. The SMILES string of the molecule is O=C(COC(=O)CN(c1ccccc1)c1ccccc1)Nc1ccc(Br)cc1. The number of nitrogens with one attached hydrogen (secondary N) is 1. The summed E-state index contributed by atoms with van der Waals surface area (Å²) in [5.41, 5.74) is 2.37. The highest BCUT2D eigenvalue weighted by Crippen LogP contribution is 2.24. The summed E-state index contributed by atoms with van der Waals surface area (Å²) in [6, 6.07) is 26.3. The van der Waals surface area contributed by atoms with Crippen LogP contribution >= 0.6 is 15.9 Å².